The zero-order valence-electron chi connectivity index (χ0n) is 20.8. The summed E-state index contributed by atoms with van der Waals surface area (Å²) in [5.41, 5.74) is 3.24. The van der Waals surface area contributed by atoms with Crippen LogP contribution in [0.4, 0.5) is 0 Å². The highest BCUT2D eigenvalue weighted by molar-refractivity contribution is 6.00. The van der Waals surface area contributed by atoms with Crippen LogP contribution in [0.2, 0.25) is 0 Å². The van der Waals surface area contributed by atoms with Crippen LogP contribution in [0.5, 0.6) is 0 Å². The second-order valence-electron chi connectivity index (χ2n) is 7.88. The topological polar surface area (TPSA) is 94.2 Å². The summed E-state index contributed by atoms with van der Waals surface area (Å²) in [4.78, 5) is 40.3. The van der Waals surface area contributed by atoms with Gasteiger partial charge in [-0.1, -0.05) is 24.3 Å². The van der Waals surface area contributed by atoms with Crippen molar-refractivity contribution in [3.63, 3.8) is 0 Å². The Morgan fingerprint density at radius 3 is 2.12 bits per heavy atom. The van der Waals surface area contributed by atoms with Crippen molar-refractivity contribution in [2.45, 2.75) is 33.6 Å². The summed E-state index contributed by atoms with van der Waals surface area (Å²) in [5, 5.41) is 3.24. The molecule has 0 bridgehead atoms. The van der Waals surface area contributed by atoms with Gasteiger partial charge < -0.3 is 24.4 Å². The Hall–Kier alpha value is -3.39. The number of carbonyl (C=O) groups excluding carboxylic acids is 3. The summed E-state index contributed by atoms with van der Waals surface area (Å²) < 4.78 is 15.8. The Morgan fingerprint density at radius 2 is 1.53 bits per heavy atom. The van der Waals surface area contributed by atoms with Gasteiger partial charge in [0.05, 0.1) is 36.9 Å². The van der Waals surface area contributed by atoms with Crippen LogP contribution in [0, 0.1) is 0 Å². The van der Waals surface area contributed by atoms with Crippen molar-refractivity contribution < 1.29 is 28.6 Å². The number of nitrogens with zero attached hydrogens (tertiary/aromatic N) is 1. The van der Waals surface area contributed by atoms with Gasteiger partial charge in [-0.25, -0.2) is 14.4 Å². The average molecular weight is 471 g/mol. The van der Waals surface area contributed by atoms with Gasteiger partial charge in [0.2, 0.25) is 0 Å². The molecule has 1 aliphatic heterocycles. The molecule has 2 rings (SSSR count). The molecule has 1 aliphatic rings. The minimum Gasteiger partial charge on any atom is -0.463 e. The molecule has 1 atom stereocenters. The van der Waals surface area contributed by atoms with Crippen molar-refractivity contribution in [2.24, 2.45) is 0 Å². The minimum absolute atomic E-state index is 0.187. The van der Waals surface area contributed by atoms with Crippen molar-refractivity contribution in [2.75, 3.05) is 40.5 Å². The van der Waals surface area contributed by atoms with Crippen LogP contribution in [-0.4, -0.2) is 63.3 Å². The number of carbonyl (C=O) groups is 3. The molecule has 0 aliphatic carbocycles. The average Bonchev–Trinajstić information content (AvgIpc) is 2.77. The lowest BCUT2D eigenvalue weighted by molar-refractivity contribution is -0.140. The van der Waals surface area contributed by atoms with E-state index in [0.717, 1.165) is 0 Å². The largest absolute Gasteiger partial charge is 0.463 e. The molecular weight excluding hydrogens is 436 g/mol. The van der Waals surface area contributed by atoms with Crippen molar-refractivity contribution >= 4 is 24.0 Å². The summed E-state index contributed by atoms with van der Waals surface area (Å²) in [5.74, 6) is -2.27. The molecule has 1 aromatic rings. The quantitative estimate of drug-likeness (QED) is 0.317. The number of nitrogens with one attached hydrogen (secondary N) is 1. The van der Waals surface area contributed by atoms with E-state index in [-0.39, 0.29) is 19.8 Å². The fourth-order valence-electron chi connectivity index (χ4n) is 3.85. The smallest absolute Gasteiger partial charge is 0.336 e. The maximum absolute atomic E-state index is 13.3. The van der Waals surface area contributed by atoms with E-state index in [1.807, 2.05) is 43.3 Å². The Balaban J connectivity index is 2.78. The lowest BCUT2D eigenvalue weighted by Crippen LogP contribution is -2.37. The van der Waals surface area contributed by atoms with Crippen molar-refractivity contribution in [1.82, 2.24) is 10.2 Å². The standard InChI is InChI=1S/C26H34N2O6/c1-7-32-21(29)15-14-18-12-10-11-13-19(18)23-22(25(30)33-8-2)17(4)27-20(16-28(5)6)24(23)26(31)34-9-3/h10-15,23,27H,7-9,16H2,1-6H3/b15-14+/t23-/m1/s1. The lowest BCUT2D eigenvalue weighted by atomic mass is 9.78. The van der Waals surface area contributed by atoms with E-state index in [9.17, 15) is 14.4 Å². The number of dihydropyridines is 1. The Labute approximate surface area is 201 Å². The zero-order valence-corrected chi connectivity index (χ0v) is 20.8. The van der Waals surface area contributed by atoms with Gasteiger partial charge in [0, 0.05) is 24.0 Å². The summed E-state index contributed by atoms with van der Waals surface area (Å²) in [6.07, 6.45) is 2.96. The first kappa shape index (κ1) is 26.9. The number of ether oxygens (including phenoxy) is 3. The number of benzene rings is 1. The van der Waals surface area contributed by atoms with Crippen LogP contribution in [0.3, 0.4) is 0 Å². The third kappa shape index (κ3) is 6.57. The summed E-state index contributed by atoms with van der Waals surface area (Å²) in [6, 6.07) is 7.30. The Bertz CT molecular complexity index is 1010. The van der Waals surface area contributed by atoms with E-state index in [4.69, 9.17) is 14.2 Å². The molecular formula is C26H34N2O6. The van der Waals surface area contributed by atoms with Crippen molar-refractivity contribution in [3.05, 3.63) is 64.0 Å². The van der Waals surface area contributed by atoms with E-state index < -0.39 is 23.8 Å². The SMILES string of the molecule is CCOC(=O)/C=C/c1ccccc1[C@@H]1C(C(=O)OCC)=C(C)NC(CN(C)C)=C1C(=O)OCC. The molecule has 0 spiro atoms. The van der Waals surface area contributed by atoms with Crippen LogP contribution in [0.1, 0.15) is 44.7 Å². The normalized spacial score (nSPS) is 16.0. The first-order chi connectivity index (χ1) is 16.2. The van der Waals surface area contributed by atoms with E-state index in [2.05, 4.69) is 5.32 Å². The first-order valence-electron chi connectivity index (χ1n) is 11.4. The number of hydrogen-bond donors (Lipinski definition) is 1. The number of allylic oxidation sites excluding steroid dienone is 1. The van der Waals surface area contributed by atoms with Crippen LogP contribution in [-0.2, 0) is 28.6 Å². The molecule has 1 aromatic carbocycles. The van der Waals surface area contributed by atoms with Gasteiger partial charge in [-0.3, -0.25) is 0 Å². The number of rotatable bonds is 10. The highest BCUT2D eigenvalue weighted by atomic mass is 16.5. The van der Waals surface area contributed by atoms with Crippen LogP contribution in [0.15, 0.2) is 52.9 Å². The lowest BCUT2D eigenvalue weighted by Gasteiger charge is -2.33. The molecule has 0 saturated carbocycles. The second-order valence-corrected chi connectivity index (χ2v) is 7.88. The molecule has 1 N–H and O–H groups in total. The van der Waals surface area contributed by atoms with E-state index in [0.29, 0.717) is 40.2 Å². The zero-order chi connectivity index (χ0) is 25.3. The molecule has 0 saturated heterocycles. The molecule has 184 valence electrons. The van der Waals surface area contributed by atoms with Crippen LogP contribution < -0.4 is 5.32 Å². The number of hydrogen-bond acceptors (Lipinski definition) is 8. The highest BCUT2D eigenvalue weighted by Crippen LogP contribution is 2.41. The molecule has 1 heterocycles. The van der Waals surface area contributed by atoms with Crippen molar-refractivity contribution in [1.29, 1.82) is 0 Å². The molecule has 8 nitrogen and oxygen atoms in total. The Kier molecular flexibility index (Phi) is 10.1. The van der Waals surface area contributed by atoms with Crippen LogP contribution >= 0.6 is 0 Å². The maximum atomic E-state index is 13.3. The van der Waals surface area contributed by atoms with Gasteiger partial charge in [0.1, 0.15) is 0 Å². The third-order valence-corrected chi connectivity index (χ3v) is 5.10. The number of esters is 3. The maximum Gasteiger partial charge on any atom is 0.336 e. The predicted molar refractivity (Wildman–Crippen MR) is 130 cm³/mol. The van der Waals surface area contributed by atoms with Crippen LogP contribution in [0.25, 0.3) is 6.08 Å². The fourth-order valence-corrected chi connectivity index (χ4v) is 3.85. The van der Waals surface area contributed by atoms with E-state index in [1.165, 1.54) is 6.08 Å². The van der Waals surface area contributed by atoms with E-state index >= 15 is 0 Å². The molecule has 0 aromatic heterocycles. The summed E-state index contributed by atoms with van der Waals surface area (Å²) in [7, 11) is 3.78. The molecule has 0 radical (unpaired) electrons. The molecule has 0 amide bonds. The predicted octanol–water partition coefficient (Wildman–Crippen LogP) is 3.17. The summed E-state index contributed by atoms with van der Waals surface area (Å²) >= 11 is 0. The number of likely N-dealkylation sites (N-methyl/N-ethyl adjacent to an activating group) is 1. The van der Waals surface area contributed by atoms with Gasteiger partial charge in [-0.15, -0.1) is 0 Å². The highest BCUT2D eigenvalue weighted by Gasteiger charge is 2.39. The van der Waals surface area contributed by atoms with Gasteiger partial charge in [-0.05, 0) is 59.0 Å². The molecule has 34 heavy (non-hydrogen) atoms. The molecule has 0 unspecified atom stereocenters. The van der Waals surface area contributed by atoms with Crippen molar-refractivity contribution in [3.8, 4) is 0 Å². The van der Waals surface area contributed by atoms with E-state index in [1.54, 1.807) is 33.8 Å². The molecule has 0 fully saturated rings. The first-order valence-corrected chi connectivity index (χ1v) is 11.4. The Morgan fingerprint density at radius 1 is 0.941 bits per heavy atom. The van der Waals surface area contributed by atoms with Gasteiger partial charge in [0.25, 0.3) is 0 Å². The van der Waals surface area contributed by atoms with Gasteiger partial charge in [-0.2, -0.15) is 0 Å². The third-order valence-electron chi connectivity index (χ3n) is 5.10. The second kappa shape index (κ2) is 12.7. The minimum atomic E-state index is -0.752. The summed E-state index contributed by atoms with van der Waals surface area (Å²) in [6.45, 7) is 8.05. The fraction of sp³-hybridized carbons (Fsp3) is 0.423. The monoisotopic (exact) mass is 470 g/mol. The van der Waals surface area contributed by atoms with Gasteiger partial charge in [0.15, 0.2) is 0 Å². The molecule has 8 heteroatoms. The van der Waals surface area contributed by atoms with Gasteiger partial charge >= 0.3 is 17.9 Å².